The second-order valence-corrected chi connectivity index (χ2v) is 7.49. The standard InChI is InChI=1S/C22H27N5O2/c1-24(2)23-21-19-6-4-5-7-20(19)27(22(21)28)16-25-12-14-26(15-13-25)17-8-10-18(29-3)11-9-17/h4-11H,12-16H2,1-3H3/b23-21-. The van der Waals surface area contributed by atoms with Crippen molar-refractivity contribution >= 4 is 23.0 Å². The summed E-state index contributed by atoms with van der Waals surface area (Å²) in [7, 11) is 5.36. The molecule has 0 spiro atoms. The lowest BCUT2D eigenvalue weighted by Gasteiger charge is -2.37. The van der Waals surface area contributed by atoms with Gasteiger partial charge in [-0.2, -0.15) is 5.10 Å². The van der Waals surface area contributed by atoms with Crippen molar-refractivity contribution in [3.63, 3.8) is 0 Å². The van der Waals surface area contributed by atoms with Crippen LogP contribution in [0.3, 0.4) is 0 Å². The van der Waals surface area contributed by atoms with Crippen molar-refractivity contribution in [2.24, 2.45) is 5.10 Å². The Kier molecular flexibility index (Phi) is 5.40. The first-order chi connectivity index (χ1) is 14.1. The Bertz CT molecular complexity index is 902. The molecule has 7 heteroatoms. The smallest absolute Gasteiger partial charge is 0.280 e. The van der Waals surface area contributed by atoms with Gasteiger partial charge in [0.15, 0.2) is 5.71 Å². The molecule has 1 fully saturated rings. The number of piperazine rings is 1. The van der Waals surface area contributed by atoms with E-state index in [1.54, 1.807) is 12.1 Å². The van der Waals surface area contributed by atoms with Gasteiger partial charge in [-0.15, -0.1) is 0 Å². The monoisotopic (exact) mass is 393 g/mol. The normalized spacial score (nSPS) is 18.3. The molecule has 0 N–H and O–H groups in total. The minimum atomic E-state index is -0.0301. The van der Waals surface area contributed by atoms with Gasteiger partial charge in [0.1, 0.15) is 5.75 Å². The highest BCUT2D eigenvalue weighted by Crippen LogP contribution is 2.30. The third-order valence-electron chi connectivity index (χ3n) is 5.35. The van der Waals surface area contributed by atoms with E-state index >= 15 is 0 Å². The molecule has 7 nitrogen and oxygen atoms in total. The Morgan fingerprint density at radius 2 is 1.69 bits per heavy atom. The lowest BCUT2D eigenvalue weighted by Crippen LogP contribution is -2.51. The predicted molar refractivity (Wildman–Crippen MR) is 116 cm³/mol. The van der Waals surface area contributed by atoms with Crippen LogP contribution in [0.1, 0.15) is 5.56 Å². The Morgan fingerprint density at radius 3 is 2.34 bits per heavy atom. The van der Waals surface area contributed by atoms with E-state index < -0.39 is 0 Å². The van der Waals surface area contributed by atoms with Gasteiger partial charge in [0.05, 0.1) is 19.5 Å². The van der Waals surface area contributed by atoms with Crippen LogP contribution in [0.25, 0.3) is 0 Å². The second kappa shape index (κ2) is 8.13. The van der Waals surface area contributed by atoms with Gasteiger partial charge in [0.2, 0.25) is 0 Å². The molecule has 2 heterocycles. The van der Waals surface area contributed by atoms with Crippen molar-refractivity contribution in [1.29, 1.82) is 0 Å². The number of hydrogen-bond acceptors (Lipinski definition) is 6. The number of anilines is 2. The Labute approximate surface area is 171 Å². The fraction of sp³-hybridized carbons (Fsp3) is 0.364. The molecular formula is C22H27N5O2. The molecule has 0 unspecified atom stereocenters. The molecule has 152 valence electrons. The third kappa shape index (κ3) is 3.91. The van der Waals surface area contributed by atoms with E-state index in [4.69, 9.17) is 4.74 Å². The van der Waals surface area contributed by atoms with Crippen LogP contribution < -0.4 is 14.5 Å². The van der Waals surface area contributed by atoms with E-state index in [1.165, 1.54) is 5.69 Å². The first-order valence-corrected chi connectivity index (χ1v) is 9.85. The zero-order valence-electron chi connectivity index (χ0n) is 17.2. The average molecular weight is 393 g/mol. The third-order valence-corrected chi connectivity index (χ3v) is 5.35. The lowest BCUT2D eigenvalue weighted by molar-refractivity contribution is -0.112. The summed E-state index contributed by atoms with van der Waals surface area (Å²) in [5.41, 5.74) is 3.56. The van der Waals surface area contributed by atoms with Gasteiger partial charge in [-0.1, -0.05) is 18.2 Å². The summed E-state index contributed by atoms with van der Waals surface area (Å²) in [5.74, 6) is 0.839. The number of carbonyl (C=O) groups excluding carboxylic acids is 1. The number of ether oxygens (including phenoxy) is 1. The molecule has 0 aromatic heterocycles. The Hall–Kier alpha value is -3.06. The van der Waals surface area contributed by atoms with E-state index in [1.807, 2.05) is 55.4 Å². The first-order valence-electron chi connectivity index (χ1n) is 9.85. The highest BCUT2D eigenvalue weighted by Gasteiger charge is 2.35. The number of methoxy groups -OCH3 is 1. The van der Waals surface area contributed by atoms with Crippen molar-refractivity contribution in [1.82, 2.24) is 9.91 Å². The number of hydrazone groups is 1. The number of fused-ring (bicyclic) bond motifs is 1. The maximum atomic E-state index is 13.0. The molecule has 29 heavy (non-hydrogen) atoms. The number of hydrogen-bond donors (Lipinski definition) is 0. The Balaban J connectivity index is 1.43. The zero-order chi connectivity index (χ0) is 20.4. The van der Waals surface area contributed by atoms with Gasteiger partial charge < -0.3 is 14.6 Å². The highest BCUT2D eigenvalue weighted by atomic mass is 16.5. The molecule has 0 bridgehead atoms. The molecule has 0 aliphatic carbocycles. The van der Waals surface area contributed by atoms with Crippen LogP contribution in [-0.2, 0) is 4.79 Å². The molecule has 0 atom stereocenters. The van der Waals surface area contributed by atoms with Gasteiger partial charge >= 0.3 is 0 Å². The zero-order valence-corrected chi connectivity index (χ0v) is 17.2. The van der Waals surface area contributed by atoms with Crippen LogP contribution in [0.2, 0.25) is 0 Å². The quantitative estimate of drug-likeness (QED) is 0.728. The largest absolute Gasteiger partial charge is 0.497 e. The first kappa shape index (κ1) is 19.3. The van der Waals surface area contributed by atoms with E-state index in [0.717, 1.165) is 43.2 Å². The fourth-order valence-corrected chi connectivity index (χ4v) is 3.84. The van der Waals surface area contributed by atoms with E-state index in [0.29, 0.717) is 12.4 Å². The minimum Gasteiger partial charge on any atom is -0.497 e. The average Bonchev–Trinajstić information content (AvgIpc) is 3.00. The SMILES string of the molecule is COc1ccc(N2CCN(CN3C(=O)/C(=N\N(C)C)c4ccccc43)CC2)cc1. The summed E-state index contributed by atoms with van der Waals surface area (Å²) < 4.78 is 5.24. The van der Waals surface area contributed by atoms with Gasteiger partial charge in [0, 0.05) is 51.5 Å². The predicted octanol–water partition coefficient (Wildman–Crippen LogP) is 2.09. The van der Waals surface area contributed by atoms with E-state index in [-0.39, 0.29) is 5.91 Å². The van der Waals surface area contributed by atoms with E-state index in [9.17, 15) is 4.79 Å². The van der Waals surface area contributed by atoms with Crippen molar-refractivity contribution in [3.8, 4) is 5.75 Å². The molecule has 0 radical (unpaired) electrons. The summed E-state index contributed by atoms with van der Waals surface area (Å²) in [5, 5.41) is 6.11. The summed E-state index contributed by atoms with van der Waals surface area (Å²) >= 11 is 0. The number of carbonyl (C=O) groups is 1. The van der Waals surface area contributed by atoms with Crippen LogP contribution in [0.4, 0.5) is 11.4 Å². The van der Waals surface area contributed by atoms with Crippen LogP contribution in [-0.4, -0.2) is 75.6 Å². The molecule has 1 amide bonds. The maximum absolute atomic E-state index is 13.0. The van der Waals surface area contributed by atoms with Crippen molar-refractivity contribution in [2.75, 3.05) is 63.9 Å². The van der Waals surface area contributed by atoms with Crippen LogP contribution >= 0.6 is 0 Å². The molecule has 2 aromatic carbocycles. The van der Waals surface area contributed by atoms with Gasteiger partial charge in [-0.05, 0) is 30.3 Å². The topological polar surface area (TPSA) is 51.6 Å². The lowest BCUT2D eigenvalue weighted by atomic mass is 10.1. The number of benzene rings is 2. The summed E-state index contributed by atoms with van der Waals surface area (Å²) in [6, 6.07) is 16.1. The second-order valence-electron chi connectivity index (χ2n) is 7.49. The van der Waals surface area contributed by atoms with Crippen molar-refractivity contribution in [2.45, 2.75) is 0 Å². The number of amides is 1. The molecule has 1 saturated heterocycles. The summed E-state index contributed by atoms with van der Waals surface area (Å²) in [4.78, 5) is 19.6. The molecule has 2 aromatic rings. The Morgan fingerprint density at radius 1 is 1.00 bits per heavy atom. The maximum Gasteiger partial charge on any atom is 0.280 e. The highest BCUT2D eigenvalue weighted by molar-refractivity contribution is 6.54. The molecule has 2 aliphatic heterocycles. The molecule has 0 saturated carbocycles. The van der Waals surface area contributed by atoms with E-state index in [2.05, 4.69) is 27.0 Å². The van der Waals surface area contributed by atoms with Crippen LogP contribution in [0.15, 0.2) is 53.6 Å². The van der Waals surface area contributed by atoms with Crippen molar-refractivity contribution < 1.29 is 9.53 Å². The number of para-hydroxylation sites is 1. The van der Waals surface area contributed by atoms with Crippen LogP contribution in [0.5, 0.6) is 5.75 Å². The molecular weight excluding hydrogens is 366 g/mol. The van der Waals surface area contributed by atoms with Crippen LogP contribution in [0, 0.1) is 0 Å². The molecule has 2 aliphatic rings. The minimum absolute atomic E-state index is 0.0301. The fourth-order valence-electron chi connectivity index (χ4n) is 3.84. The number of nitrogens with zero attached hydrogens (tertiary/aromatic N) is 5. The molecule has 4 rings (SSSR count). The summed E-state index contributed by atoms with van der Waals surface area (Å²) in [6.45, 7) is 4.23. The van der Waals surface area contributed by atoms with Gasteiger partial charge in [0.25, 0.3) is 5.91 Å². The van der Waals surface area contributed by atoms with Crippen molar-refractivity contribution in [3.05, 3.63) is 54.1 Å². The number of rotatable bonds is 5. The van der Waals surface area contributed by atoms with Gasteiger partial charge in [-0.25, -0.2) is 0 Å². The van der Waals surface area contributed by atoms with Gasteiger partial charge in [-0.3, -0.25) is 14.6 Å². The summed E-state index contributed by atoms with van der Waals surface area (Å²) in [6.07, 6.45) is 0.